The lowest BCUT2D eigenvalue weighted by atomic mass is 10.1. The Balaban J connectivity index is 1.61. The van der Waals surface area contributed by atoms with E-state index in [0.717, 1.165) is 5.56 Å². The minimum atomic E-state index is -0.200. The van der Waals surface area contributed by atoms with E-state index < -0.39 is 0 Å². The van der Waals surface area contributed by atoms with Crippen LogP contribution in [0.1, 0.15) is 12.0 Å². The van der Waals surface area contributed by atoms with Gasteiger partial charge in [0.1, 0.15) is 5.75 Å². The lowest BCUT2D eigenvalue weighted by Gasteiger charge is -2.15. The summed E-state index contributed by atoms with van der Waals surface area (Å²) >= 11 is 0. The van der Waals surface area contributed by atoms with E-state index in [0.29, 0.717) is 43.3 Å². The molecule has 1 fully saturated rings. The van der Waals surface area contributed by atoms with Crippen LogP contribution in [0.25, 0.3) is 0 Å². The van der Waals surface area contributed by atoms with E-state index in [1.165, 1.54) is 6.08 Å². The first-order chi connectivity index (χ1) is 11.6. The van der Waals surface area contributed by atoms with E-state index in [1.807, 2.05) is 6.07 Å². The molecule has 0 aromatic heterocycles. The fourth-order valence-corrected chi connectivity index (χ4v) is 2.92. The van der Waals surface area contributed by atoms with Crippen molar-refractivity contribution < 1.29 is 23.8 Å². The molecule has 0 saturated carbocycles. The number of carbonyl (C=O) groups excluding carboxylic acids is 2. The summed E-state index contributed by atoms with van der Waals surface area (Å²) in [5.41, 5.74) is 0.812. The van der Waals surface area contributed by atoms with Crippen LogP contribution in [0.4, 0.5) is 0 Å². The summed E-state index contributed by atoms with van der Waals surface area (Å²) in [4.78, 5) is 25.6. The molecule has 0 aliphatic carbocycles. The van der Waals surface area contributed by atoms with Crippen LogP contribution in [0.2, 0.25) is 0 Å². The molecule has 1 unspecified atom stereocenters. The van der Waals surface area contributed by atoms with Crippen LogP contribution in [0.15, 0.2) is 24.8 Å². The van der Waals surface area contributed by atoms with Crippen molar-refractivity contribution in [3.8, 4) is 17.2 Å². The van der Waals surface area contributed by atoms with E-state index in [4.69, 9.17) is 14.2 Å². The largest absolute Gasteiger partial charge is 0.496 e. The average Bonchev–Trinajstić information content (AvgIpc) is 3.26. The Bertz CT molecular complexity index is 673. The summed E-state index contributed by atoms with van der Waals surface area (Å²) < 4.78 is 16.0. The van der Waals surface area contributed by atoms with Gasteiger partial charge in [-0.2, -0.15) is 0 Å². The third-order valence-corrected chi connectivity index (χ3v) is 4.27. The number of likely N-dealkylation sites (tertiary alicyclic amines) is 1. The average molecular weight is 332 g/mol. The molecule has 128 valence electrons. The number of ether oxygens (including phenoxy) is 3. The van der Waals surface area contributed by atoms with Crippen LogP contribution in [-0.4, -0.2) is 43.7 Å². The van der Waals surface area contributed by atoms with E-state index in [2.05, 4.69) is 11.9 Å². The van der Waals surface area contributed by atoms with Gasteiger partial charge in [0.25, 0.3) is 0 Å². The minimum Gasteiger partial charge on any atom is -0.496 e. The van der Waals surface area contributed by atoms with Gasteiger partial charge < -0.3 is 24.4 Å². The van der Waals surface area contributed by atoms with Crippen molar-refractivity contribution in [1.29, 1.82) is 0 Å². The molecule has 3 rings (SSSR count). The number of nitrogens with one attached hydrogen (secondary N) is 1. The van der Waals surface area contributed by atoms with Crippen molar-refractivity contribution in [2.24, 2.45) is 5.92 Å². The number of fused-ring (bicyclic) bond motifs is 1. The first kappa shape index (κ1) is 16.2. The molecule has 1 aromatic rings. The van der Waals surface area contributed by atoms with Crippen molar-refractivity contribution in [3.63, 3.8) is 0 Å². The summed E-state index contributed by atoms with van der Waals surface area (Å²) in [6.45, 7) is 4.98. The van der Waals surface area contributed by atoms with Gasteiger partial charge in [-0.25, -0.2) is 0 Å². The Morgan fingerprint density at radius 2 is 2.17 bits per heavy atom. The van der Waals surface area contributed by atoms with Gasteiger partial charge in [-0.15, -0.1) is 0 Å². The number of nitrogens with zero attached hydrogens (tertiary/aromatic N) is 1. The van der Waals surface area contributed by atoms with Crippen LogP contribution in [0, 0.1) is 5.92 Å². The van der Waals surface area contributed by atoms with E-state index in [1.54, 1.807) is 18.1 Å². The molecule has 7 nitrogen and oxygen atoms in total. The minimum absolute atomic E-state index is 0.0749. The summed E-state index contributed by atoms with van der Waals surface area (Å²) in [6, 6.07) is 3.56. The number of hydrogen-bond acceptors (Lipinski definition) is 5. The van der Waals surface area contributed by atoms with Gasteiger partial charge >= 0.3 is 0 Å². The van der Waals surface area contributed by atoms with Gasteiger partial charge in [0.05, 0.1) is 13.0 Å². The standard InChI is InChI=1S/C17H20N2O5/c1-3-16(20)19-5-4-11(9-19)17(21)18-8-12-6-14-15(24-10-23-14)7-13(12)22-2/h3,6-7,11H,1,4-5,8-10H2,2H3,(H,18,21). The normalized spacial score (nSPS) is 18.4. The second-order valence-corrected chi connectivity index (χ2v) is 5.71. The van der Waals surface area contributed by atoms with Crippen LogP contribution in [-0.2, 0) is 16.1 Å². The number of hydrogen-bond donors (Lipinski definition) is 1. The lowest BCUT2D eigenvalue weighted by Crippen LogP contribution is -2.33. The highest BCUT2D eigenvalue weighted by Crippen LogP contribution is 2.38. The zero-order valence-corrected chi connectivity index (χ0v) is 13.5. The second kappa shape index (κ2) is 6.82. The van der Waals surface area contributed by atoms with Crippen molar-refractivity contribution in [2.45, 2.75) is 13.0 Å². The molecule has 1 saturated heterocycles. The molecular weight excluding hydrogens is 312 g/mol. The van der Waals surface area contributed by atoms with Crippen LogP contribution < -0.4 is 19.5 Å². The van der Waals surface area contributed by atoms with Crippen molar-refractivity contribution >= 4 is 11.8 Å². The lowest BCUT2D eigenvalue weighted by molar-refractivity contribution is -0.126. The maximum Gasteiger partial charge on any atom is 0.245 e. The molecule has 1 N–H and O–H groups in total. The zero-order valence-electron chi connectivity index (χ0n) is 13.5. The third-order valence-electron chi connectivity index (χ3n) is 4.27. The van der Waals surface area contributed by atoms with E-state index in [9.17, 15) is 9.59 Å². The number of carbonyl (C=O) groups is 2. The summed E-state index contributed by atoms with van der Waals surface area (Å²) in [5, 5.41) is 2.91. The molecule has 1 aromatic carbocycles. The molecule has 2 heterocycles. The Labute approximate surface area is 140 Å². The van der Waals surface area contributed by atoms with E-state index in [-0.39, 0.29) is 24.5 Å². The number of benzene rings is 1. The Morgan fingerprint density at radius 1 is 1.42 bits per heavy atom. The first-order valence-corrected chi connectivity index (χ1v) is 7.78. The Kier molecular flexibility index (Phi) is 4.59. The molecule has 2 aliphatic rings. The fourth-order valence-electron chi connectivity index (χ4n) is 2.92. The smallest absolute Gasteiger partial charge is 0.245 e. The molecule has 7 heteroatoms. The fraction of sp³-hybridized carbons (Fsp3) is 0.412. The monoisotopic (exact) mass is 332 g/mol. The SMILES string of the molecule is C=CC(=O)N1CCC(C(=O)NCc2cc3c(cc2OC)OCO3)C1. The molecule has 0 radical (unpaired) electrons. The molecule has 2 amide bonds. The first-order valence-electron chi connectivity index (χ1n) is 7.78. The summed E-state index contributed by atoms with van der Waals surface area (Å²) in [6.07, 6.45) is 1.93. The molecule has 2 aliphatic heterocycles. The maximum absolute atomic E-state index is 12.3. The molecule has 24 heavy (non-hydrogen) atoms. The number of methoxy groups -OCH3 is 1. The highest BCUT2D eigenvalue weighted by Gasteiger charge is 2.30. The second-order valence-electron chi connectivity index (χ2n) is 5.71. The van der Waals surface area contributed by atoms with Gasteiger partial charge in [-0.05, 0) is 18.6 Å². The highest BCUT2D eigenvalue weighted by molar-refractivity contribution is 5.88. The topological polar surface area (TPSA) is 77.1 Å². The third kappa shape index (κ3) is 3.15. The van der Waals surface area contributed by atoms with Crippen molar-refractivity contribution in [1.82, 2.24) is 10.2 Å². The summed E-state index contributed by atoms with van der Waals surface area (Å²) in [5.74, 6) is 1.50. The van der Waals surface area contributed by atoms with Crippen molar-refractivity contribution in [3.05, 3.63) is 30.4 Å². The Morgan fingerprint density at radius 3 is 2.88 bits per heavy atom. The van der Waals surface area contributed by atoms with Gasteiger partial charge in [0.2, 0.25) is 18.6 Å². The number of rotatable bonds is 5. The molecule has 0 bridgehead atoms. The van der Waals surface area contributed by atoms with Gasteiger partial charge in [-0.1, -0.05) is 6.58 Å². The highest BCUT2D eigenvalue weighted by atomic mass is 16.7. The quantitative estimate of drug-likeness (QED) is 0.817. The maximum atomic E-state index is 12.3. The van der Waals surface area contributed by atoms with Crippen LogP contribution in [0.5, 0.6) is 17.2 Å². The summed E-state index contributed by atoms with van der Waals surface area (Å²) in [7, 11) is 1.57. The van der Waals surface area contributed by atoms with Crippen LogP contribution >= 0.6 is 0 Å². The Hall–Kier alpha value is -2.70. The van der Waals surface area contributed by atoms with Crippen molar-refractivity contribution in [2.75, 3.05) is 27.0 Å². The van der Waals surface area contributed by atoms with Crippen LogP contribution in [0.3, 0.4) is 0 Å². The predicted molar refractivity (Wildman–Crippen MR) is 85.8 cm³/mol. The van der Waals surface area contributed by atoms with E-state index >= 15 is 0 Å². The van der Waals surface area contributed by atoms with Gasteiger partial charge in [0, 0.05) is 31.3 Å². The zero-order chi connectivity index (χ0) is 17.1. The van der Waals surface area contributed by atoms with Gasteiger partial charge in [0.15, 0.2) is 11.5 Å². The predicted octanol–water partition coefficient (Wildman–Crippen LogP) is 1.07. The molecule has 0 spiro atoms. The molecule has 1 atom stereocenters. The number of amides is 2. The molecular formula is C17H20N2O5. The van der Waals surface area contributed by atoms with Gasteiger partial charge in [-0.3, -0.25) is 9.59 Å².